The van der Waals surface area contributed by atoms with Crippen LogP contribution in [0.2, 0.25) is 0 Å². The molecule has 1 aliphatic heterocycles. The molecule has 1 atom stereocenters. The Morgan fingerprint density at radius 1 is 1.32 bits per heavy atom. The molecule has 122 valence electrons. The number of hydrogen-bond donors (Lipinski definition) is 2. The smallest absolute Gasteiger partial charge is 0.191 e. The van der Waals surface area contributed by atoms with E-state index >= 15 is 0 Å². The zero-order valence-electron chi connectivity index (χ0n) is 13.7. The van der Waals surface area contributed by atoms with Gasteiger partial charge in [-0.2, -0.15) is 0 Å². The van der Waals surface area contributed by atoms with Crippen molar-refractivity contribution in [1.82, 2.24) is 15.5 Å². The Morgan fingerprint density at radius 2 is 2.14 bits per heavy atom. The fourth-order valence-corrected chi connectivity index (χ4v) is 3.62. The third kappa shape index (κ3) is 5.54. The summed E-state index contributed by atoms with van der Waals surface area (Å²) >= 11 is 1.87. The predicted molar refractivity (Wildman–Crippen MR) is 96.8 cm³/mol. The van der Waals surface area contributed by atoms with Crippen molar-refractivity contribution in [3.05, 3.63) is 30.3 Å². The molecule has 0 bridgehead atoms. The zero-order valence-corrected chi connectivity index (χ0v) is 14.5. The molecule has 5 heteroatoms. The molecule has 1 saturated heterocycles. The van der Waals surface area contributed by atoms with Gasteiger partial charge in [0.25, 0.3) is 0 Å². The highest BCUT2D eigenvalue weighted by Crippen LogP contribution is 2.16. The quantitative estimate of drug-likeness (QED) is 0.350. The van der Waals surface area contributed by atoms with Crippen LogP contribution >= 0.6 is 11.8 Å². The van der Waals surface area contributed by atoms with Gasteiger partial charge in [0.1, 0.15) is 0 Å². The average Bonchev–Trinajstić information content (AvgIpc) is 3.02. The molecule has 1 heterocycles. The Hall–Kier alpha value is -1.20. The SMILES string of the molecule is CCN1CCCC1CNC(=NC)NCCSc1ccccc1. The Bertz CT molecular complexity index is 449. The number of nitrogens with zero attached hydrogens (tertiary/aromatic N) is 2. The second-order valence-corrected chi connectivity index (χ2v) is 6.63. The second-order valence-electron chi connectivity index (χ2n) is 5.47. The van der Waals surface area contributed by atoms with E-state index in [2.05, 4.69) is 57.8 Å². The maximum absolute atomic E-state index is 4.31. The van der Waals surface area contributed by atoms with E-state index < -0.39 is 0 Å². The first-order chi connectivity index (χ1) is 10.8. The van der Waals surface area contributed by atoms with Gasteiger partial charge in [-0.05, 0) is 38.1 Å². The van der Waals surface area contributed by atoms with E-state index in [-0.39, 0.29) is 0 Å². The van der Waals surface area contributed by atoms with Crippen molar-refractivity contribution in [2.75, 3.05) is 39.0 Å². The third-order valence-corrected chi connectivity index (χ3v) is 5.05. The molecule has 1 aromatic rings. The average molecular weight is 321 g/mol. The van der Waals surface area contributed by atoms with Crippen LogP contribution in [-0.4, -0.2) is 55.9 Å². The Balaban J connectivity index is 1.63. The molecule has 1 fully saturated rings. The topological polar surface area (TPSA) is 39.7 Å². The molecule has 1 aromatic carbocycles. The summed E-state index contributed by atoms with van der Waals surface area (Å²) < 4.78 is 0. The number of rotatable bonds is 7. The van der Waals surface area contributed by atoms with Gasteiger partial charge >= 0.3 is 0 Å². The van der Waals surface area contributed by atoms with Gasteiger partial charge < -0.3 is 10.6 Å². The molecule has 0 spiro atoms. The van der Waals surface area contributed by atoms with Crippen molar-refractivity contribution >= 4 is 17.7 Å². The highest BCUT2D eigenvalue weighted by Gasteiger charge is 2.22. The Kier molecular flexibility index (Phi) is 7.60. The molecular formula is C17H28N4S. The van der Waals surface area contributed by atoms with Crippen LogP contribution < -0.4 is 10.6 Å². The maximum Gasteiger partial charge on any atom is 0.191 e. The minimum atomic E-state index is 0.655. The fraction of sp³-hybridized carbons (Fsp3) is 0.588. The van der Waals surface area contributed by atoms with E-state index in [1.165, 1.54) is 24.3 Å². The molecule has 0 aromatic heterocycles. The van der Waals surface area contributed by atoms with Gasteiger partial charge in [-0.3, -0.25) is 9.89 Å². The van der Waals surface area contributed by atoms with Crippen molar-refractivity contribution < 1.29 is 0 Å². The molecule has 1 aliphatic rings. The first kappa shape index (κ1) is 17.2. The number of benzene rings is 1. The van der Waals surface area contributed by atoms with Crippen LogP contribution in [0.1, 0.15) is 19.8 Å². The number of nitrogens with one attached hydrogen (secondary N) is 2. The summed E-state index contributed by atoms with van der Waals surface area (Å²) in [5.41, 5.74) is 0. The van der Waals surface area contributed by atoms with Crippen LogP contribution in [0, 0.1) is 0 Å². The van der Waals surface area contributed by atoms with Crippen LogP contribution in [0.5, 0.6) is 0 Å². The number of hydrogen-bond acceptors (Lipinski definition) is 3. The van der Waals surface area contributed by atoms with Crippen molar-refractivity contribution in [1.29, 1.82) is 0 Å². The lowest BCUT2D eigenvalue weighted by Gasteiger charge is -2.23. The van der Waals surface area contributed by atoms with Crippen molar-refractivity contribution in [3.8, 4) is 0 Å². The van der Waals surface area contributed by atoms with Crippen molar-refractivity contribution in [3.63, 3.8) is 0 Å². The second kappa shape index (κ2) is 9.74. The van der Waals surface area contributed by atoms with Crippen molar-refractivity contribution in [2.24, 2.45) is 4.99 Å². The summed E-state index contributed by atoms with van der Waals surface area (Å²) in [5, 5.41) is 6.86. The van der Waals surface area contributed by atoms with Gasteiger partial charge in [0, 0.05) is 36.8 Å². The normalized spacial score (nSPS) is 19.4. The monoisotopic (exact) mass is 320 g/mol. The van der Waals surface area contributed by atoms with Crippen LogP contribution in [0.3, 0.4) is 0 Å². The molecule has 0 aliphatic carbocycles. The van der Waals surface area contributed by atoms with Gasteiger partial charge in [-0.25, -0.2) is 0 Å². The van der Waals surface area contributed by atoms with E-state index in [0.717, 1.165) is 31.3 Å². The summed E-state index contributed by atoms with van der Waals surface area (Å²) in [5.74, 6) is 1.95. The van der Waals surface area contributed by atoms with E-state index in [4.69, 9.17) is 0 Å². The molecule has 0 radical (unpaired) electrons. The summed E-state index contributed by atoms with van der Waals surface area (Å²) in [6.07, 6.45) is 2.61. The van der Waals surface area contributed by atoms with Crippen LogP contribution in [0.15, 0.2) is 40.2 Å². The van der Waals surface area contributed by atoms with Crippen LogP contribution in [0.4, 0.5) is 0 Å². The largest absolute Gasteiger partial charge is 0.356 e. The summed E-state index contributed by atoms with van der Waals surface area (Å²) in [7, 11) is 1.84. The number of likely N-dealkylation sites (tertiary alicyclic amines) is 1. The Labute approximate surface area is 138 Å². The number of likely N-dealkylation sites (N-methyl/N-ethyl adjacent to an activating group) is 1. The molecule has 1 unspecified atom stereocenters. The molecule has 22 heavy (non-hydrogen) atoms. The van der Waals surface area contributed by atoms with E-state index in [1.54, 1.807) is 0 Å². The fourth-order valence-electron chi connectivity index (χ4n) is 2.83. The van der Waals surface area contributed by atoms with Gasteiger partial charge in [-0.1, -0.05) is 25.1 Å². The zero-order chi connectivity index (χ0) is 15.6. The van der Waals surface area contributed by atoms with E-state index in [1.807, 2.05) is 18.8 Å². The van der Waals surface area contributed by atoms with E-state index in [9.17, 15) is 0 Å². The van der Waals surface area contributed by atoms with Crippen LogP contribution in [0.25, 0.3) is 0 Å². The summed E-state index contributed by atoms with van der Waals surface area (Å²) in [6, 6.07) is 11.2. The maximum atomic E-state index is 4.31. The highest BCUT2D eigenvalue weighted by molar-refractivity contribution is 7.99. The van der Waals surface area contributed by atoms with E-state index in [0.29, 0.717) is 6.04 Å². The number of thioether (sulfide) groups is 1. The minimum absolute atomic E-state index is 0.655. The van der Waals surface area contributed by atoms with Crippen LogP contribution in [-0.2, 0) is 0 Å². The lowest BCUT2D eigenvalue weighted by Crippen LogP contribution is -2.45. The summed E-state index contributed by atoms with van der Waals surface area (Å²) in [4.78, 5) is 8.17. The van der Waals surface area contributed by atoms with Gasteiger partial charge in [0.2, 0.25) is 0 Å². The molecule has 4 nitrogen and oxygen atoms in total. The molecule has 0 saturated carbocycles. The standard InChI is InChI=1S/C17H28N4S/c1-3-21-12-7-8-15(21)14-20-17(18-2)19-11-13-22-16-9-5-4-6-10-16/h4-6,9-10,15H,3,7-8,11-14H2,1-2H3,(H2,18,19,20). The predicted octanol–water partition coefficient (Wildman–Crippen LogP) is 2.43. The molecular weight excluding hydrogens is 292 g/mol. The van der Waals surface area contributed by atoms with Gasteiger partial charge in [0.15, 0.2) is 5.96 Å². The minimum Gasteiger partial charge on any atom is -0.356 e. The molecule has 2 rings (SSSR count). The summed E-state index contributed by atoms with van der Waals surface area (Å²) in [6.45, 7) is 6.53. The molecule has 2 N–H and O–H groups in total. The Morgan fingerprint density at radius 3 is 2.86 bits per heavy atom. The third-order valence-electron chi connectivity index (χ3n) is 4.04. The first-order valence-corrected chi connectivity index (χ1v) is 9.18. The van der Waals surface area contributed by atoms with Gasteiger partial charge in [-0.15, -0.1) is 11.8 Å². The van der Waals surface area contributed by atoms with Gasteiger partial charge in [0.05, 0.1) is 0 Å². The van der Waals surface area contributed by atoms with Crippen molar-refractivity contribution in [2.45, 2.75) is 30.7 Å². The first-order valence-electron chi connectivity index (χ1n) is 8.20. The highest BCUT2D eigenvalue weighted by atomic mass is 32.2. The molecule has 0 amide bonds. The lowest BCUT2D eigenvalue weighted by molar-refractivity contribution is 0.267. The number of aliphatic imine (C=N–C) groups is 1. The lowest BCUT2D eigenvalue weighted by atomic mass is 10.2. The number of guanidine groups is 1.